The molecule has 2 aromatic rings. The number of nitrogens with two attached hydrogens (primary N) is 1. The Hall–Kier alpha value is -1.57. The van der Waals surface area contributed by atoms with Gasteiger partial charge in [-0.15, -0.1) is 0 Å². The maximum atomic E-state index is 6.40. The van der Waals surface area contributed by atoms with Crippen LogP contribution in [0.25, 0.3) is 11.3 Å². The van der Waals surface area contributed by atoms with Gasteiger partial charge >= 0.3 is 0 Å². The van der Waals surface area contributed by atoms with Gasteiger partial charge in [0, 0.05) is 24.8 Å². The highest BCUT2D eigenvalue weighted by molar-refractivity contribution is 7.99. The molecule has 0 atom stereocenters. The molecule has 1 saturated heterocycles. The summed E-state index contributed by atoms with van der Waals surface area (Å²) in [4.78, 5) is 16.0. The Bertz CT molecular complexity index is 793. The van der Waals surface area contributed by atoms with Crippen LogP contribution in [-0.4, -0.2) is 47.5 Å². The number of rotatable bonds is 4. The summed E-state index contributed by atoms with van der Waals surface area (Å²) in [6, 6.07) is 3.71. The topological polar surface area (TPSA) is 77.2 Å². The molecule has 4 rings (SSSR count). The predicted octanol–water partition coefficient (Wildman–Crippen LogP) is 2.96. The van der Waals surface area contributed by atoms with Crippen molar-refractivity contribution in [2.75, 3.05) is 43.2 Å². The molecule has 8 heteroatoms. The first kappa shape index (κ1) is 16.9. The van der Waals surface area contributed by atoms with E-state index in [0.717, 1.165) is 48.8 Å². The molecule has 0 spiro atoms. The van der Waals surface area contributed by atoms with Gasteiger partial charge in [-0.3, -0.25) is 0 Å². The van der Waals surface area contributed by atoms with E-state index in [4.69, 9.17) is 32.0 Å². The van der Waals surface area contributed by atoms with Crippen molar-refractivity contribution >= 4 is 35.1 Å². The highest BCUT2D eigenvalue weighted by atomic mass is 35.5. The predicted molar refractivity (Wildman–Crippen MR) is 102 cm³/mol. The lowest BCUT2D eigenvalue weighted by atomic mass is 10.1. The Morgan fingerprint density at radius 1 is 1.24 bits per heavy atom. The second-order valence-corrected chi connectivity index (χ2v) is 7.92. The normalized spacial score (nSPS) is 19.0. The van der Waals surface area contributed by atoms with Crippen LogP contribution in [0.1, 0.15) is 18.5 Å². The van der Waals surface area contributed by atoms with Crippen LogP contribution in [0, 0.1) is 0 Å². The molecule has 2 aliphatic rings. The van der Waals surface area contributed by atoms with Crippen molar-refractivity contribution < 1.29 is 4.74 Å². The number of hydrogen-bond acceptors (Lipinski definition) is 7. The van der Waals surface area contributed by atoms with Gasteiger partial charge in [0.2, 0.25) is 5.95 Å². The van der Waals surface area contributed by atoms with E-state index in [1.807, 2.05) is 17.8 Å². The third-order valence-corrected chi connectivity index (χ3v) is 6.43. The molecule has 3 heterocycles. The highest BCUT2D eigenvalue weighted by Gasteiger charge is 2.45. The van der Waals surface area contributed by atoms with Crippen LogP contribution in [0.4, 0.5) is 11.8 Å². The molecule has 2 aromatic heterocycles. The molecule has 1 saturated carbocycles. The number of anilines is 2. The molecular weight excluding hydrogens is 358 g/mol. The summed E-state index contributed by atoms with van der Waals surface area (Å²) in [5, 5.41) is 0.555. The third kappa shape index (κ3) is 3.28. The average molecular weight is 378 g/mol. The smallest absolute Gasteiger partial charge is 0.226 e. The maximum Gasteiger partial charge on any atom is 0.226 e. The molecule has 132 valence electrons. The van der Waals surface area contributed by atoms with Crippen LogP contribution in [0.15, 0.2) is 18.3 Å². The molecule has 25 heavy (non-hydrogen) atoms. The van der Waals surface area contributed by atoms with Crippen LogP contribution in [0.5, 0.6) is 0 Å². The Morgan fingerprint density at radius 2 is 2.00 bits per heavy atom. The number of thioether (sulfide) groups is 1. The van der Waals surface area contributed by atoms with Gasteiger partial charge in [-0.1, -0.05) is 11.6 Å². The Kier molecular flexibility index (Phi) is 4.47. The SMILES string of the molecule is CSC1(c2cc(-c3cnc(N)cc3Cl)nc(N3CCOCC3)n2)CC1. The monoisotopic (exact) mass is 377 g/mol. The maximum absolute atomic E-state index is 6.40. The molecule has 0 radical (unpaired) electrons. The zero-order chi connectivity index (χ0) is 17.4. The van der Waals surface area contributed by atoms with Gasteiger partial charge in [-0.2, -0.15) is 11.8 Å². The number of nitrogen functional groups attached to an aromatic ring is 1. The summed E-state index contributed by atoms with van der Waals surface area (Å²) < 4.78 is 5.56. The summed E-state index contributed by atoms with van der Waals surface area (Å²) in [5.41, 5.74) is 8.38. The minimum Gasteiger partial charge on any atom is -0.384 e. The Balaban J connectivity index is 1.81. The standard InChI is InChI=1S/C17H20ClN5OS/c1-25-17(2-3-17)14-9-13(11-10-20-15(19)8-12(11)18)21-16(22-14)23-4-6-24-7-5-23/h8-10H,2-7H2,1H3,(H2,19,20). The third-order valence-electron chi connectivity index (χ3n) is 4.72. The zero-order valence-corrected chi connectivity index (χ0v) is 15.6. The minimum absolute atomic E-state index is 0.104. The van der Waals surface area contributed by atoms with E-state index < -0.39 is 0 Å². The van der Waals surface area contributed by atoms with Crippen molar-refractivity contribution in [1.82, 2.24) is 15.0 Å². The van der Waals surface area contributed by atoms with Crippen LogP contribution >= 0.6 is 23.4 Å². The first-order chi connectivity index (χ1) is 12.1. The van der Waals surface area contributed by atoms with E-state index in [-0.39, 0.29) is 4.75 Å². The molecule has 0 unspecified atom stereocenters. The van der Waals surface area contributed by atoms with Gasteiger partial charge < -0.3 is 15.4 Å². The van der Waals surface area contributed by atoms with Gasteiger partial charge in [0.05, 0.1) is 34.4 Å². The lowest BCUT2D eigenvalue weighted by Crippen LogP contribution is -2.37. The molecule has 0 amide bonds. The molecule has 0 bridgehead atoms. The number of halogens is 1. The lowest BCUT2D eigenvalue weighted by molar-refractivity contribution is 0.122. The molecule has 0 aromatic carbocycles. The highest BCUT2D eigenvalue weighted by Crippen LogP contribution is 2.55. The summed E-state index contributed by atoms with van der Waals surface area (Å²) in [7, 11) is 0. The molecule has 1 aliphatic heterocycles. The Labute approximate surface area is 156 Å². The van der Waals surface area contributed by atoms with Crippen LogP contribution in [0.3, 0.4) is 0 Å². The van der Waals surface area contributed by atoms with Gasteiger partial charge in [0.1, 0.15) is 5.82 Å². The van der Waals surface area contributed by atoms with E-state index in [1.165, 1.54) is 0 Å². The van der Waals surface area contributed by atoms with Gasteiger partial charge in [0.15, 0.2) is 0 Å². The fourth-order valence-corrected chi connectivity index (χ4v) is 4.10. The second kappa shape index (κ2) is 6.63. The first-order valence-corrected chi connectivity index (χ1v) is 9.90. The van der Waals surface area contributed by atoms with Crippen LogP contribution in [-0.2, 0) is 9.48 Å². The minimum atomic E-state index is 0.104. The van der Waals surface area contributed by atoms with Crippen molar-refractivity contribution in [2.45, 2.75) is 17.6 Å². The van der Waals surface area contributed by atoms with Crippen molar-refractivity contribution in [2.24, 2.45) is 0 Å². The van der Waals surface area contributed by atoms with E-state index in [9.17, 15) is 0 Å². The van der Waals surface area contributed by atoms with Crippen molar-refractivity contribution in [1.29, 1.82) is 0 Å². The second-order valence-electron chi connectivity index (χ2n) is 6.33. The summed E-state index contributed by atoms with van der Waals surface area (Å²) in [5.74, 6) is 1.14. The van der Waals surface area contributed by atoms with Gasteiger partial charge in [0.25, 0.3) is 0 Å². The van der Waals surface area contributed by atoms with E-state index in [1.54, 1.807) is 12.3 Å². The largest absolute Gasteiger partial charge is 0.384 e. The van der Waals surface area contributed by atoms with E-state index in [0.29, 0.717) is 24.1 Å². The number of ether oxygens (including phenoxy) is 1. The Morgan fingerprint density at radius 3 is 2.64 bits per heavy atom. The first-order valence-electron chi connectivity index (χ1n) is 8.30. The quantitative estimate of drug-likeness (QED) is 0.877. The fourth-order valence-electron chi connectivity index (χ4n) is 3.02. The summed E-state index contributed by atoms with van der Waals surface area (Å²) in [6.45, 7) is 2.98. The molecule has 2 fully saturated rings. The van der Waals surface area contributed by atoms with Crippen molar-refractivity contribution in [3.05, 3.63) is 29.0 Å². The number of aromatic nitrogens is 3. The van der Waals surface area contributed by atoms with Crippen LogP contribution < -0.4 is 10.6 Å². The van der Waals surface area contributed by atoms with Crippen LogP contribution in [0.2, 0.25) is 5.02 Å². The molecule has 2 N–H and O–H groups in total. The van der Waals surface area contributed by atoms with Crippen molar-refractivity contribution in [3.63, 3.8) is 0 Å². The molecule has 6 nitrogen and oxygen atoms in total. The number of hydrogen-bond donors (Lipinski definition) is 1. The number of nitrogens with zero attached hydrogens (tertiary/aromatic N) is 4. The van der Waals surface area contributed by atoms with E-state index >= 15 is 0 Å². The molecular formula is C17H20ClN5OS. The fraction of sp³-hybridized carbons (Fsp3) is 0.471. The average Bonchev–Trinajstić information content (AvgIpc) is 3.43. The number of morpholine rings is 1. The van der Waals surface area contributed by atoms with E-state index in [2.05, 4.69) is 16.1 Å². The molecule has 1 aliphatic carbocycles. The van der Waals surface area contributed by atoms with Crippen molar-refractivity contribution in [3.8, 4) is 11.3 Å². The zero-order valence-electron chi connectivity index (χ0n) is 14.0. The summed E-state index contributed by atoms with van der Waals surface area (Å²) in [6.07, 6.45) is 6.11. The van der Waals surface area contributed by atoms with Gasteiger partial charge in [-0.05, 0) is 31.2 Å². The number of pyridine rings is 1. The lowest BCUT2D eigenvalue weighted by Gasteiger charge is -2.28. The summed E-state index contributed by atoms with van der Waals surface area (Å²) >= 11 is 8.25. The van der Waals surface area contributed by atoms with Gasteiger partial charge in [-0.25, -0.2) is 15.0 Å².